The summed E-state index contributed by atoms with van der Waals surface area (Å²) in [5.41, 5.74) is -0.762. The second-order valence-electron chi connectivity index (χ2n) is 6.10. The van der Waals surface area contributed by atoms with Crippen molar-refractivity contribution in [2.75, 3.05) is 0 Å². The maximum atomic E-state index is 11.0. The quantitative estimate of drug-likeness (QED) is 0.622. The molecule has 0 aromatic rings. The van der Waals surface area contributed by atoms with Gasteiger partial charge in [0.1, 0.15) is 0 Å². The van der Waals surface area contributed by atoms with Crippen LogP contribution in [0.4, 0.5) is 0 Å². The fourth-order valence-corrected chi connectivity index (χ4v) is 3.34. The zero-order valence-electron chi connectivity index (χ0n) is 10.3. The number of hydrogen-bond acceptors (Lipinski definition) is 2. The summed E-state index contributed by atoms with van der Waals surface area (Å²) in [4.78, 5) is 0. The second kappa shape index (κ2) is 3.08. The van der Waals surface area contributed by atoms with Gasteiger partial charge in [-0.3, -0.25) is 0 Å². The van der Waals surface area contributed by atoms with E-state index < -0.39 is 5.60 Å². The van der Waals surface area contributed by atoms with E-state index >= 15 is 0 Å². The van der Waals surface area contributed by atoms with E-state index in [1.54, 1.807) is 0 Å². The topological polar surface area (TPSA) is 29.5 Å². The molecule has 2 heterocycles. The minimum Gasteiger partial charge on any atom is -0.389 e. The van der Waals surface area contributed by atoms with Crippen LogP contribution in [-0.2, 0) is 4.74 Å². The maximum Gasteiger partial charge on any atom is 0.0818 e. The van der Waals surface area contributed by atoms with Gasteiger partial charge in [0.2, 0.25) is 0 Å². The van der Waals surface area contributed by atoms with Crippen molar-refractivity contribution in [3.63, 3.8) is 0 Å². The fraction of sp³-hybridized carbons (Fsp3) is 0.846. The molecule has 0 amide bonds. The Morgan fingerprint density at radius 2 is 1.47 bits per heavy atom. The van der Waals surface area contributed by atoms with Gasteiger partial charge in [0.05, 0.1) is 17.8 Å². The van der Waals surface area contributed by atoms with Gasteiger partial charge in [0.25, 0.3) is 0 Å². The Kier molecular flexibility index (Phi) is 2.29. The van der Waals surface area contributed by atoms with Gasteiger partial charge in [-0.1, -0.05) is 46.8 Å². The first kappa shape index (κ1) is 11.2. The van der Waals surface area contributed by atoms with E-state index in [0.29, 0.717) is 0 Å². The van der Waals surface area contributed by atoms with E-state index in [0.717, 1.165) is 0 Å². The molecule has 86 valence electrons. The summed E-state index contributed by atoms with van der Waals surface area (Å²) in [6.45, 7) is 10.5. The van der Waals surface area contributed by atoms with Crippen LogP contribution >= 0.6 is 0 Å². The van der Waals surface area contributed by atoms with E-state index in [2.05, 4.69) is 46.8 Å². The molecule has 0 spiro atoms. The molecule has 2 bridgehead atoms. The molecule has 0 aliphatic carbocycles. The third kappa shape index (κ3) is 1.31. The summed E-state index contributed by atoms with van der Waals surface area (Å²) in [6, 6.07) is 0. The molecule has 1 saturated heterocycles. The highest BCUT2D eigenvalue weighted by Gasteiger charge is 2.57. The molecule has 2 rings (SSSR count). The maximum absolute atomic E-state index is 11.0. The Hall–Kier alpha value is -0.340. The van der Waals surface area contributed by atoms with Crippen molar-refractivity contribution in [3.05, 3.63) is 12.2 Å². The molecular weight excluding hydrogens is 188 g/mol. The average molecular weight is 210 g/mol. The molecule has 1 unspecified atom stereocenters. The largest absolute Gasteiger partial charge is 0.389 e. The third-order valence-corrected chi connectivity index (χ3v) is 4.38. The normalized spacial score (nSPS) is 49.7. The summed E-state index contributed by atoms with van der Waals surface area (Å²) in [6.07, 6.45) is 4.40. The zero-order chi connectivity index (χ0) is 11.4. The van der Waals surface area contributed by atoms with E-state index in [4.69, 9.17) is 4.74 Å². The summed E-state index contributed by atoms with van der Waals surface area (Å²) < 4.78 is 5.84. The fourth-order valence-electron chi connectivity index (χ4n) is 3.34. The molecule has 0 saturated carbocycles. The monoisotopic (exact) mass is 210 g/mol. The number of rotatable bonds is 0. The van der Waals surface area contributed by atoms with Crippen molar-refractivity contribution in [2.24, 2.45) is 17.3 Å². The minimum atomic E-state index is -0.649. The Bertz CT molecular complexity index is 269. The highest BCUT2D eigenvalue weighted by atomic mass is 16.5. The van der Waals surface area contributed by atoms with Crippen molar-refractivity contribution in [2.45, 2.75) is 52.4 Å². The zero-order valence-corrected chi connectivity index (χ0v) is 10.3. The van der Waals surface area contributed by atoms with Crippen LogP contribution in [-0.4, -0.2) is 22.9 Å². The minimum absolute atomic E-state index is 0.0930. The van der Waals surface area contributed by atoms with Gasteiger partial charge in [-0.25, -0.2) is 0 Å². The van der Waals surface area contributed by atoms with Gasteiger partial charge in [-0.05, 0) is 5.41 Å². The second-order valence-corrected chi connectivity index (χ2v) is 6.10. The molecule has 0 aromatic heterocycles. The van der Waals surface area contributed by atoms with E-state index in [-0.39, 0.29) is 29.5 Å². The Balaban J connectivity index is 2.41. The number of fused-ring (bicyclic) bond motifs is 2. The van der Waals surface area contributed by atoms with Crippen molar-refractivity contribution in [1.29, 1.82) is 0 Å². The SMILES string of the molecule is C[C@@H]1[C@@H]2C=CC(O2)[C@H](C)[C@@]1(O)C(C)(C)C. The summed E-state index contributed by atoms with van der Waals surface area (Å²) >= 11 is 0. The van der Waals surface area contributed by atoms with Crippen LogP contribution in [0.5, 0.6) is 0 Å². The van der Waals surface area contributed by atoms with Gasteiger partial charge in [0.15, 0.2) is 0 Å². The molecule has 5 atom stereocenters. The van der Waals surface area contributed by atoms with Crippen LogP contribution < -0.4 is 0 Å². The average Bonchev–Trinajstić information content (AvgIpc) is 2.56. The number of hydrogen-bond donors (Lipinski definition) is 1. The molecule has 0 aromatic carbocycles. The third-order valence-electron chi connectivity index (χ3n) is 4.38. The first-order chi connectivity index (χ1) is 6.78. The van der Waals surface area contributed by atoms with Crippen LogP contribution in [0.1, 0.15) is 34.6 Å². The molecule has 2 nitrogen and oxygen atoms in total. The van der Waals surface area contributed by atoms with E-state index in [9.17, 15) is 5.11 Å². The lowest BCUT2D eigenvalue weighted by Crippen LogP contribution is -2.61. The molecule has 2 heteroatoms. The van der Waals surface area contributed by atoms with Gasteiger partial charge in [-0.15, -0.1) is 0 Å². The van der Waals surface area contributed by atoms with Crippen molar-refractivity contribution < 1.29 is 9.84 Å². The van der Waals surface area contributed by atoms with Crippen LogP contribution in [0.25, 0.3) is 0 Å². The highest BCUT2D eigenvalue weighted by molar-refractivity contribution is 5.18. The molecule has 1 fully saturated rings. The first-order valence-corrected chi connectivity index (χ1v) is 5.84. The van der Waals surface area contributed by atoms with Gasteiger partial charge < -0.3 is 9.84 Å². The predicted octanol–water partition coefficient (Wildman–Crippen LogP) is 2.37. The van der Waals surface area contributed by atoms with Crippen LogP contribution in [0.2, 0.25) is 0 Å². The van der Waals surface area contributed by atoms with Gasteiger partial charge in [-0.2, -0.15) is 0 Å². The Labute approximate surface area is 92.3 Å². The summed E-state index contributed by atoms with van der Waals surface area (Å²) in [5.74, 6) is 0.310. The summed E-state index contributed by atoms with van der Waals surface area (Å²) in [7, 11) is 0. The van der Waals surface area contributed by atoms with Crippen LogP contribution in [0.3, 0.4) is 0 Å². The highest BCUT2D eigenvalue weighted by Crippen LogP contribution is 2.51. The molecule has 0 radical (unpaired) electrons. The van der Waals surface area contributed by atoms with Crippen molar-refractivity contribution in [3.8, 4) is 0 Å². The summed E-state index contributed by atoms with van der Waals surface area (Å²) in [5, 5.41) is 11.0. The van der Waals surface area contributed by atoms with Crippen molar-refractivity contribution in [1.82, 2.24) is 0 Å². The molecule has 2 aliphatic heterocycles. The lowest BCUT2D eigenvalue weighted by Gasteiger charge is -2.54. The molecule has 15 heavy (non-hydrogen) atoms. The van der Waals surface area contributed by atoms with Gasteiger partial charge in [0, 0.05) is 11.8 Å². The van der Waals surface area contributed by atoms with Crippen molar-refractivity contribution >= 4 is 0 Å². The number of aliphatic hydroxyl groups is 1. The van der Waals surface area contributed by atoms with E-state index in [1.165, 1.54) is 0 Å². The van der Waals surface area contributed by atoms with Gasteiger partial charge >= 0.3 is 0 Å². The first-order valence-electron chi connectivity index (χ1n) is 5.84. The molecular formula is C13H22O2. The Morgan fingerprint density at radius 3 is 1.80 bits per heavy atom. The van der Waals surface area contributed by atoms with E-state index in [1.807, 2.05) is 0 Å². The number of ether oxygens (including phenoxy) is 1. The van der Waals surface area contributed by atoms with Crippen LogP contribution in [0.15, 0.2) is 12.2 Å². The molecule has 1 N–H and O–H groups in total. The molecule has 2 aliphatic rings. The lowest BCUT2D eigenvalue weighted by atomic mass is 9.60. The standard InChI is InChI=1S/C13H22O2/c1-8-10-6-7-11(15-10)9(2)13(8,14)12(3,4)5/h6-11,14H,1-5H3/t8-,9+,10+,11?,13-/m1/s1. The predicted molar refractivity (Wildman–Crippen MR) is 60.5 cm³/mol. The lowest BCUT2D eigenvalue weighted by molar-refractivity contribution is -0.225. The Morgan fingerprint density at radius 1 is 1.07 bits per heavy atom. The van der Waals surface area contributed by atoms with Crippen LogP contribution in [0, 0.1) is 17.3 Å². The smallest absolute Gasteiger partial charge is 0.0818 e.